The fourth-order valence-electron chi connectivity index (χ4n) is 2.92. The molecule has 1 aliphatic rings. The Morgan fingerprint density at radius 3 is 2.52 bits per heavy atom. The quantitative estimate of drug-likeness (QED) is 0.653. The van der Waals surface area contributed by atoms with Crippen LogP contribution in [0.2, 0.25) is 10.0 Å². The van der Waals surface area contributed by atoms with Crippen LogP contribution in [0.5, 0.6) is 0 Å². The third-order valence-electron chi connectivity index (χ3n) is 4.04. The number of rotatable bonds is 1. The van der Waals surface area contributed by atoms with Gasteiger partial charge in [-0.05, 0) is 54.3 Å². The van der Waals surface area contributed by atoms with Crippen LogP contribution >= 0.6 is 23.2 Å². The minimum atomic E-state index is -0.0352. The molecule has 0 N–H and O–H groups in total. The molecular formula is C18H12Cl2N2O. The molecule has 2 heterocycles. The van der Waals surface area contributed by atoms with Gasteiger partial charge >= 0.3 is 0 Å². The summed E-state index contributed by atoms with van der Waals surface area (Å²) < 4.78 is 1.52. The van der Waals surface area contributed by atoms with E-state index in [1.54, 1.807) is 18.3 Å². The maximum absolute atomic E-state index is 12.6. The van der Waals surface area contributed by atoms with E-state index in [-0.39, 0.29) is 5.56 Å². The molecule has 0 unspecified atom stereocenters. The fourth-order valence-corrected chi connectivity index (χ4v) is 3.21. The van der Waals surface area contributed by atoms with Gasteiger partial charge in [-0.3, -0.25) is 9.20 Å². The summed E-state index contributed by atoms with van der Waals surface area (Å²) in [7, 11) is 0. The number of pyridine rings is 1. The van der Waals surface area contributed by atoms with Crippen molar-refractivity contribution >= 4 is 40.5 Å². The van der Waals surface area contributed by atoms with Crippen LogP contribution in [0.3, 0.4) is 0 Å². The van der Waals surface area contributed by atoms with Crippen LogP contribution in [0.15, 0.2) is 47.4 Å². The second-order valence-corrected chi connectivity index (χ2v) is 6.41. The van der Waals surface area contributed by atoms with Crippen molar-refractivity contribution in [1.29, 1.82) is 0 Å². The van der Waals surface area contributed by atoms with Crippen LogP contribution in [-0.2, 0) is 6.42 Å². The van der Waals surface area contributed by atoms with Crippen molar-refractivity contribution in [3.05, 3.63) is 79.8 Å². The lowest BCUT2D eigenvalue weighted by atomic mass is 10.1. The standard InChI is InChI=1S/C18H12Cl2N2O/c19-13-4-1-11(2-5-13)9-12-3-7-15-17(12)21-16-8-6-14(20)10-22(16)18(15)23/h1-2,4-6,8-10H,3,7H2/b12-9-. The number of hydrogen-bond donors (Lipinski definition) is 0. The normalized spacial score (nSPS) is 15.3. The predicted molar refractivity (Wildman–Crippen MR) is 94.1 cm³/mol. The topological polar surface area (TPSA) is 34.4 Å². The Hall–Kier alpha value is -2.10. The van der Waals surface area contributed by atoms with Gasteiger partial charge in [-0.1, -0.05) is 35.3 Å². The highest BCUT2D eigenvalue weighted by molar-refractivity contribution is 6.30. The van der Waals surface area contributed by atoms with E-state index in [4.69, 9.17) is 23.2 Å². The van der Waals surface area contributed by atoms with E-state index in [0.717, 1.165) is 28.8 Å². The Bertz CT molecular complexity index is 1000. The predicted octanol–water partition coefficient (Wildman–Crippen LogP) is 4.49. The summed E-state index contributed by atoms with van der Waals surface area (Å²) in [6.45, 7) is 0. The van der Waals surface area contributed by atoms with Crippen molar-refractivity contribution in [2.75, 3.05) is 0 Å². The zero-order chi connectivity index (χ0) is 16.0. The summed E-state index contributed by atoms with van der Waals surface area (Å²) in [4.78, 5) is 17.3. The van der Waals surface area contributed by atoms with Gasteiger partial charge in [0, 0.05) is 16.8 Å². The van der Waals surface area contributed by atoms with E-state index in [0.29, 0.717) is 22.1 Å². The van der Waals surface area contributed by atoms with Crippen LogP contribution in [0.25, 0.3) is 17.3 Å². The molecule has 0 saturated carbocycles. The molecule has 1 aromatic carbocycles. The molecule has 5 heteroatoms. The van der Waals surface area contributed by atoms with Crippen molar-refractivity contribution in [1.82, 2.24) is 9.38 Å². The number of hydrogen-bond acceptors (Lipinski definition) is 2. The maximum atomic E-state index is 12.6. The minimum absolute atomic E-state index is 0.0352. The molecule has 23 heavy (non-hydrogen) atoms. The average molecular weight is 343 g/mol. The fraction of sp³-hybridized carbons (Fsp3) is 0.111. The molecule has 1 aliphatic carbocycles. The largest absolute Gasteiger partial charge is 0.269 e. The Balaban J connectivity index is 1.88. The van der Waals surface area contributed by atoms with E-state index in [1.807, 2.05) is 24.3 Å². The van der Waals surface area contributed by atoms with Gasteiger partial charge in [0.25, 0.3) is 5.56 Å². The summed E-state index contributed by atoms with van der Waals surface area (Å²) in [5.74, 6) is 0. The molecule has 0 bridgehead atoms. The Kier molecular flexibility index (Phi) is 3.47. The molecule has 0 radical (unpaired) electrons. The number of aromatic nitrogens is 2. The molecule has 2 aromatic heterocycles. The number of halogens is 2. The first-order valence-corrected chi connectivity index (χ1v) is 8.05. The molecule has 0 aliphatic heterocycles. The Labute approximate surface area is 142 Å². The number of allylic oxidation sites excluding steroid dienone is 1. The monoisotopic (exact) mass is 342 g/mol. The Morgan fingerprint density at radius 2 is 1.74 bits per heavy atom. The highest BCUT2D eigenvalue weighted by Gasteiger charge is 2.22. The van der Waals surface area contributed by atoms with Crippen molar-refractivity contribution < 1.29 is 0 Å². The summed E-state index contributed by atoms with van der Waals surface area (Å²) >= 11 is 11.9. The summed E-state index contributed by atoms with van der Waals surface area (Å²) in [6, 6.07) is 11.1. The first-order valence-electron chi connectivity index (χ1n) is 7.29. The molecule has 4 rings (SSSR count). The lowest BCUT2D eigenvalue weighted by molar-refractivity contribution is 0.971. The lowest BCUT2D eigenvalue weighted by Crippen LogP contribution is -2.19. The third kappa shape index (κ3) is 2.56. The molecule has 0 amide bonds. The molecule has 0 atom stereocenters. The number of benzene rings is 1. The molecule has 0 saturated heterocycles. The molecule has 0 spiro atoms. The van der Waals surface area contributed by atoms with E-state index >= 15 is 0 Å². The molecule has 0 fully saturated rings. The van der Waals surface area contributed by atoms with Crippen LogP contribution in [0.1, 0.15) is 23.2 Å². The van der Waals surface area contributed by atoms with Crippen LogP contribution < -0.4 is 5.56 Å². The van der Waals surface area contributed by atoms with Crippen molar-refractivity contribution in [2.24, 2.45) is 0 Å². The van der Waals surface area contributed by atoms with E-state index in [2.05, 4.69) is 11.1 Å². The lowest BCUT2D eigenvalue weighted by Gasteiger charge is -2.05. The first kappa shape index (κ1) is 14.5. The number of nitrogens with zero attached hydrogens (tertiary/aromatic N) is 2. The summed E-state index contributed by atoms with van der Waals surface area (Å²) in [5.41, 5.74) is 4.26. The zero-order valence-electron chi connectivity index (χ0n) is 12.1. The van der Waals surface area contributed by atoms with Crippen molar-refractivity contribution in [3.8, 4) is 0 Å². The van der Waals surface area contributed by atoms with Gasteiger partial charge in [-0.2, -0.15) is 0 Å². The Morgan fingerprint density at radius 1 is 1.00 bits per heavy atom. The van der Waals surface area contributed by atoms with Gasteiger partial charge < -0.3 is 0 Å². The van der Waals surface area contributed by atoms with Crippen LogP contribution in [0, 0.1) is 0 Å². The first-order chi connectivity index (χ1) is 11.1. The van der Waals surface area contributed by atoms with Crippen molar-refractivity contribution in [3.63, 3.8) is 0 Å². The van der Waals surface area contributed by atoms with Gasteiger partial charge in [0.2, 0.25) is 0 Å². The smallest absolute Gasteiger partial charge is 0.261 e. The summed E-state index contributed by atoms with van der Waals surface area (Å²) in [5, 5.41) is 1.23. The molecular weight excluding hydrogens is 331 g/mol. The highest BCUT2D eigenvalue weighted by atomic mass is 35.5. The van der Waals surface area contributed by atoms with E-state index < -0.39 is 0 Å². The molecule has 114 valence electrons. The van der Waals surface area contributed by atoms with Gasteiger partial charge in [-0.25, -0.2) is 4.98 Å². The second-order valence-electron chi connectivity index (χ2n) is 5.54. The summed E-state index contributed by atoms with van der Waals surface area (Å²) in [6.07, 6.45) is 5.20. The maximum Gasteiger partial charge on any atom is 0.261 e. The van der Waals surface area contributed by atoms with Gasteiger partial charge in [0.05, 0.1) is 10.7 Å². The molecule has 3 aromatic rings. The van der Waals surface area contributed by atoms with Gasteiger partial charge in [-0.15, -0.1) is 0 Å². The van der Waals surface area contributed by atoms with E-state index in [9.17, 15) is 4.79 Å². The van der Waals surface area contributed by atoms with Crippen LogP contribution in [-0.4, -0.2) is 9.38 Å². The van der Waals surface area contributed by atoms with Gasteiger partial charge in [0.1, 0.15) is 5.65 Å². The van der Waals surface area contributed by atoms with Crippen LogP contribution in [0.4, 0.5) is 0 Å². The van der Waals surface area contributed by atoms with Crippen molar-refractivity contribution in [2.45, 2.75) is 12.8 Å². The number of fused-ring (bicyclic) bond motifs is 2. The highest BCUT2D eigenvalue weighted by Crippen LogP contribution is 2.31. The second kappa shape index (κ2) is 5.52. The average Bonchev–Trinajstić information content (AvgIpc) is 2.94. The van der Waals surface area contributed by atoms with Gasteiger partial charge in [0.15, 0.2) is 0 Å². The molecule has 3 nitrogen and oxygen atoms in total. The SMILES string of the molecule is O=c1c2c(nc3ccc(Cl)cn13)/C(=C\c1ccc(Cl)cc1)CC2. The minimum Gasteiger partial charge on any atom is -0.269 e. The van der Waals surface area contributed by atoms with E-state index in [1.165, 1.54) is 4.40 Å². The third-order valence-corrected chi connectivity index (χ3v) is 4.51. The zero-order valence-corrected chi connectivity index (χ0v) is 13.6.